The van der Waals surface area contributed by atoms with E-state index in [2.05, 4.69) is 24.4 Å². The Morgan fingerprint density at radius 1 is 1.11 bits per heavy atom. The molecule has 0 fully saturated rings. The summed E-state index contributed by atoms with van der Waals surface area (Å²) in [5.41, 5.74) is 4.41. The smallest absolute Gasteiger partial charge is 0.336 e. The van der Waals surface area contributed by atoms with Gasteiger partial charge in [-0.2, -0.15) is 0 Å². The first-order valence-electron chi connectivity index (χ1n) is 6.21. The van der Waals surface area contributed by atoms with Gasteiger partial charge in [0.2, 0.25) is 0 Å². The van der Waals surface area contributed by atoms with Gasteiger partial charge in [-0.25, -0.2) is 4.79 Å². The van der Waals surface area contributed by atoms with E-state index in [9.17, 15) is 4.79 Å². The van der Waals surface area contributed by atoms with Gasteiger partial charge in [0.15, 0.2) is 0 Å². The number of benzene rings is 2. The average Bonchev–Trinajstić information content (AvgIpc) is 2.39. The SMILES string of the molecule is Cc1ccccc1CNc1cccc(C(=O)O)c1C. The van der Waals surface area contributed by atoms with Crippen molar-refractivity contribution in [2.24, 2.45) is 0 Å². The van der Waals surface area contributed by atoms with Crippen molar-refractivity contribution in [3.63, 3.8) is 0 Å². The highest BCUT2D eigenvalue weighted by Gasteiger charge is 2.09. The highest BCUT2D eigenvalue weighted by Crippen LogP contribution is 2.20. The molecule has 2 aromatic rings. The summed E-state index contributed by atoms with van der Waals surface area (Å²) in [6.07, 6.45) is 0. The molecule has 3 nitrogen and oxygen atoms in total. The van der Waals surface area contributed by atoms with Crippen LogP contribution in [0, 0.1) is 13.8 Å². The van der Waals surface area contributed by atoms with E-state index < -0.39 is 5.97 Å². The first kappa shape index (κ1) is 13.1. The molecule has 19 heavy (non-hydrogen) atoms. The molecule has 0 atom stereocenters. The van der Waals surface area contributed by atoms with Gasteiger partial charge in [0.25, 0.3) is 0 Å². The van der Waals surface area contributed by atoms with Gasteiger partial charge >= 0.3 is 5.97 Å². The van der Waals surface area contributed by atoms with Gasteiger partial charge in [0.05, 0.1) is 5.56 Å². The van der Waals surface area contributed by atoms with E-state index in [1.54, 1.807) is 12.1 Å². The van der Waals surface area contributed by atoms with Crippen LogP contribution in [-0.4, -0.2) is 11.1 Å². The van der Waals surface area contributed by atoms with E-state index in [1.807, 2.05) is 25.1 Å². The second-order valence-electron chi connectivity index (χ2n) is 4.56. The molecule has 0 heterocycles. The second-order valence-corrected chi connectivity index (χ2v) is 4.56. The molecule has 98 valence electrons. The largest absolute Gasteiger partial charge is 0.478 e. The summed E-state index contributed by atoms with van der Waals surface area (Å²) < 4.78 is 0. The van der Waals surface area contributed by atoms with E-state index in [4.69, 9.17) is 5.11 Å². The number of hydrogen-bond acceptors (Lipinski definition) is 2. The Morgan fingerprint density at radius 2 is 1.84 bits per heavy atom. The van der Waals surface area contributed by atoms with Crippen LogP contribution in [0.4, 0.5) is 5.69 Å². The van der Waals surface area contributed by atoms with Crippen molar-refractivity contribution in [2.75, 3.05) is 5.32 Å². The lowest BCUT2D eigenvalue weighted by molar-refractivity contribution is 0.0696. The van der Waals surface area contributed by atoms with Crippen LogP contribution >= 0.6 is 0 Å². The van der Waals surface area contributed by atoms with Crippen molar-refractivity contribution >= 4 is 11.7 Å². The topological polar surface area (TPSA) is 49.3 Å². The summed E-state index contributed by atoms with van der Waals surface area (Å²) in [6.45, 7) is 4.58. The molecular weight excluding hydrogens is 238 g/mol. The maximum atomic E-state index is 11.1. The fraction of sp³-hybridized carbons (Fsp3) is 0.188. The van der Waals surface area contributed by atoms with Crippen molar-refractivity contribution in [1.82, 2.24) is 0 Å². The van der Waals surface area contributed by atoms with Gasteiger partial charge in [0, 0.05) is 12.2 Å². The monoisotopic (exact) mass is 255 g/mol. The second kappa shape index (κ2) is 5.57. The van der Waals surface area contributed by atoms with Crippen LogP contribution < -0.4 is 5.32 Å². The fourth-order valence-electron chi connectivity index (χ4n) is 2.06. The molecule has 2 rings (SSSR count). The van der Waals surface area contributed by atoms with Crippen molar-refractivity contribution < 1.29 is 9.90 Å². The molecule has 3 heteroatoms. The third kappa shape index (κ3) is 2.94. The molecule has 2 aromatic carbocycles. The number of nitrogens with one attached hydrogen (secondary N) is 1. The zero-order valence-electron chi connectivity index (χ0n) is 11.1. The predicted octanol–water partition coefficient (Wildman–Crippen LogP) is 3.61. The van der Waals surface area contributed by atoms with Gasteiger partial charge in [-0.3, -0.25) is 0 Å². The van der Waals surface area contributed by atoms with Gasteiger partial charge in [-0.1, -0.05) is 30.3 Å². The lowest BCUT2D eigenvalue weighted by atomic mass is 10.1. The van der Waals surface area contributed by atoms with Gasteiger partial charge < -0.3 is 10.4 Å². The van der Waals surface area contributed by atoms with Gasteiger partial charge in [0.1, 0.15) is 0 Å². The van der Waals surface area contributed by atoms with Gasteiger partial charge in [-0.05, 0) is 42.7 Å². The molecule has 0 bridgehead atoms. The highest BCUT2D eigenvalue weighted by atomic mass is 16.4. The minimum Gasteiger partial charge on any atom is -0.478 e. The number of carboxylic acid groups (broad SMARTS) is 1. The normalized spacial score (nSPS) is 10.2. The summed E-state index contributed by atoms with van der Waals surface area (Å²) in [5, 5.41) is 12.4. The molecule has 0 aliphatic rings. The standard InChI is InChI=1S/C16H17NO2/c1-11-6-3-4-7-13(11)10-17-15-9-5-8-14(12(15)2)16(18)19/h3-9,17H,10H2,1-2H3,(H,18,19). The molecule has 0 unspecified atom stereocenters. The quantitative estimate of drug-likeness (QED) is 0.877. The number of hydrogen-bond donors (Lipinski definition) is 2. The molecule has 0 aliphatic carbocycles. The molecule has 0 aromatic heterocycles. The number of aromatic carboxylic acids is 1. The number of carboxylic acids is 1. The Morgan fingerprint density at radius 3 is 2.53 bits per heavy atom. The van der Waals surface area contributed by atoms with Crippen molar-refractivity contribution in [3.8, 4) is 0 Å². The minimum atomic E-state index is -0.892. The van der Waals surface area contributed by atoms with Crippen LogP contribution in [0.25, 0.3) is 0 Å². The molecule has 0 amide bonds. The Hall–Kier alpha value is -2.29. The van der Waals surface area contributed by atoms with Crippen LogP contribution in [0.1, 0.15) is 27.0 Å². The van der Waals surface area contributed by atoms with Crippen molar-refractivity contribution in [3.05, 3.63) is 64.7 Å². The molecule has 0 saturated carbocycles. The number of anilines is 1. The zero-order chi connectivity index (χ0) is 13.8. The summed E-state index contributed by atoms with van der Waals surface area (Å²) >= 11 is 0. The number of carbonyl (C=O) groups is 1. The third-order valence-electron chi connectivity index (χ3n) is 3.29. The van der Waals surface area contributed by atoms with E-state index in [-0.39, 0.29) is 0 Å². The predicted molar refractivity (Wildman–Crippen MR) is 76.6 cm³/mol. The lowest BCUT2D eigenvalue weighted by Gasteiger charge is -2.12. The van der Waals surface area contributed by atoms with Crippen LogP contribution in [0.5, 0.6) is 0 Å². The number of aryl methyl sites for hydroxylation is 1. The summed E-state index contributed by atoms with van der Waals surface area (Å²) in [7, 11) is 0. The van der Waals surface area contributed by atoms with Crippen LogP contribution in [0.3, 0.4) is 0 Å². The van der Waals surface area contributed by atoms with E-state index in [1.165, 1.54) is 11.1 Å². The van der Waals surface area contributed by atoms with Crippen LogP contribution in [-0.2, 0) is 6.54 Å². The maximum absolute atomic E-state index is 11.1. The van der Waals surface area contributed by atoms with Crippen molar-refractivity contribution in [1.29, 1.82) is 0 Å². The molecule has 0 radical (unpaired) electrons. The first-order valence-corrected chi connectivity index (χ1v) is 6.21. The Kier molecular flexibility index (Phi) is 3.85. The van der Waals surface area contributed by atoms with E-state index in [0.717, 1.165) is 11.3 Å². The fourth-order valence-corrected chi connectivity index (χ4v) is 2.06. The highest BCUT2D eigenvalue weighted by molar-refractivity contribution is 5.91. The Labute approximate surface area is 112 Å². The molecule has 0 spiro atoms. The molecular formula is C16H17NO2. The first-order chi connectivity index (χ1) is 9.09. The lowest BCUT2D eigenvalue weighted by Crippen LogP contribution is -2.06. The third-order valence-corrected chi connectivity index (χ3v) is 3.29. The summed E-state index contributed by atoms with van der Waals surface area (Å²) in [6, 6.07) is 13.4. The van der Waals surface area contributed by atoms with Crippen molar-refractivity contribution in [2.45, 2.75) is 20.4 Å². The maximum Gasteiger partial charge on any atom is 0.336 e. The number of rotatable bonds is 4. The molecule has 2 N–H and O–H groups in total. The van der Waals surface area contributed by atoms with E-state index in [0.29, 0.717) is 12.1 Å². The Bertz CT molecular complexity index is 605. The van der Waals surface area contributed by atoms with Crippen LogP contribution in [0.2, 0.25) is 0 Å². The summed E-state index contributed by atoms with van der Waals surface area (Å²) in [4.78, 5) is 11.1. The van der Waals surface area contributed by atoms with E-state index >= 15 is 0 Å². The van der Waals surface area contributed by atoms with Crippen LogP contribution in [0.15, 0.2) is 42.5 Å². The average molecular weight is 255 g/mol. The Balaban J connectivity index is 2.19. The minimum absolute atomic E-state index is 0.342. The molecule has 0 saturated heterocycles. The summed E-state index contributed by atoms with van der Waals surface area (Å²) in [5.74, 6) is -0.892. The zero-order valence-corrected chi connectivity index (χ0v) is 11.1. The van der Waals surface area contributed by atoms with Gasteiger partial charge in [-0.15, -0.1) is 0 Å². The molecule has 0 aliphatic heterocycles.